The first kappa shape index (κ1) is 16.7. The highest BCUT2D eigenvalue weighted by Crippen LogP contribution is 2.57. The number of benzene rings is 2. The monoisotopic (exact) mass is 356 g/mol. The summed E-state index contributed by atoms with van der Waals surface area (Å²) in [6, 6.07) is 8.23. The normalized spacial score (nSPS) is 27.2. The fraction of sp³-hybridized carbons (Fsp3) is 0.300. The van der Waals surface area contributed by atoms with Gasteiger partial charge < -0.3 is 9.80 Å². The molecule has 26 heavy (non-hydrogen) atoms. The van der Waals surface area contributed by atoms with Crippen LogP contribution in [0.3, 0.4) is 0 Å². The highest BCUT2D eigenvalue weighted by Gasteiger charge is 2.65. The molecular formula is C20H18F2N2O2. The number of carbonyl (C=O) groups excluding carboxylic acids is 2. The fourth-order valence-electron chi connectivity index (χ4n) is 4.49. The maximum Gasteiger partial charge on any atom is 0.238 e. The molecule has 0 radical (unpaired) electrons. The van der Waals surface area contributed by atoms with Crippen LogP contribution in [0.4, 0.5) is 20.2 Å². The van der Waals surface area contributed by atoms with E-state index >= 15 is 0 Å². The molecule has 2 aliphatic rings. The molecule has 0 saturated heterocycles. The highest BCUT2D eigenvalue weighted by atomic mass is 19.1. The van der Waals surface area contributed by atoms with Crippen molar-refractivity contribution in [2.45, 2.75) is 24.7 Å². The molecule has 2 aromatic carbocycles. The Morgan fingerprint density at radius 1 is 0.731 bits per heavy atom. The molecule has 0 aromatic heterocycles. The van der Waals surface area contributed by atoms with Gasteiger partial charge in [-0.05, 0) is 61.4 Å². The van der Waals surface area contributed by atoms with E-state index < -0.39 is 22.5 Å². The van der Waals surface area contributed by atoms with E-state index in [1.165, 1.54) is 46.2 Å². The molecule has 2 atom stereocenters. The van der Waals surface area contributed by atoms with Crippen LogP contribution in [0, 0.1) is 11.6 Å². The smallest absolute Gasteiger partial charge is 0.238 e. The second-order valence-corrected chi connectivity index (χ2v) is 7.30. The second-order valence-electron chi connectivity index (χ2n) is 7.30. The van der Waals surface area contributed by atoms with Gasteiger partial charge in [-0.15, -0.1) is 0 Å². The molecule has 2 aromatic rings. The number of carbonyl (C=O) groups is 2. The topological polar surface area (TPSA) is 40.6 Å². The number of halogens is 2. The lowest BCUT2D eigenvalue weighted by Crippen LogP contribution is -2.56. The van der Waals surface area contributed by atoms with E-state index in [1.54, 1.807) is 27.9 Å². The van der Waals surface area contributed by atoms with Gasteiger partial charge in [0.15, 0.2) is 0 Å². The Morgan fingerprint density at radius 2 is 1.08 bits per heavy atom. The summed E-state index contributed by atoms with van der Waals surface area (Å²) in [6.07, 6.45) is 0. The maximum atomic E-state index is 14.0. The number of fused-ring (bicyclic) bond motifs is 2. The van der Waals surface area contributed by atoms with Crippen LogP contribution in [0.5, 0.6) is 0 Å². The average Bonchev–Trinajstić information content (AvgIpc) is 2.93. The van der Waals surface area contributed by atoms with Gasteiger partial charge in [-0.2, -0.15) is 0 Å². The Bertz CT molecular complexity index is 910. The largest absolute Gasteiger partial charge is 0.314 e. The van der Waals surface area contributed by atoms with Crippen molar-refractivity contribution in [2.75, 3.05) is 23.9 Å². The van der Waals surface area contributed by atoms with E-state index in [0.717, 1.165) is 0 Å². The van der Waals surface area contributed by atoms with E-state index in [9.17, 15) is 18.4 Å². The zero-order valence-corrected chi connectivity index (χ0v) is 14.9. The van der Waals surface area contributed by atoms with Crippen molar-refractivity contribution in [1.82, 2.24) is 0 Å². The fourth-order valence-corrected chi connectivity index (χ4v) is 4.49. The maximum absolute atomic E-state index is 14.0. The lowest BCUT2D eigenvalue weighted by Gasteiger charge is -2.39. The Labute approximate surface area is 150 Å². The molecule has 4 nitrogen and oxygen atoms in total. The van der Waals surface area contributed by atoms with Gasteiger partial charge in [-0.1, -0.05) is 0 Å². The summed E-state index contributed by atoms with van der Waals surface area (Å²) in [5.41, 5.74) is -0.730. The molecule has 2 heterocycles. The molecule has 0 bridgehead atoms. The van der Waals surface area contributed by atoms with Gasteiger partial charge in [0.05, 0.1) is 10.8 Å². The van der Waals surface area contributed by atoms with Gasteiger partial charge in [-0.25, -0.2) is 8.78 Å². The van der Waals surface area contributed by atoms with Crippen molar-refractivity contribution in [3.8, 4) is 0 Å². The summed E-state index contributed by atoms with van der Waals surface area (Å²) in [5, 5.41) is 0. The van der Waals surface area contributed by atoms with Crippen molar-refractivity contribution in [3.63, 3.8) is 0 Å². The number of hydrogen-bond acceptors (Lipinski definition) is 2. The molecule has 2 aliphatic heterocycles. The quantitative estimate of drug-likeness (QED) is 0.788. The van der Waals surface area contributed by atoms with Crippen LogP contribution in [0.25, 0.3) is 0 Å². The zero-order valence-electron chi connectivity index (χ0n) is 14.9. The summed E-state index contributed by atoms with van der Waals surface area (Å²) in [4.78, 5) is 29.4. The van der Waals surface area contributed by atoms with Crippen molar-refractivity contribution >= 4 is 23.2 Å². The Hall–Kier alpha value is -2.76. The Balaban J connectivity index is 2.07. The first-order valence-electron chi connectivity index (χ1n) is 8.30. The number of likely N-dealkylation sites (N-methyl/N-ethyl adjacent to an activating group) is 2. The standard InChI is InChI=1S/C20H18F2N2O2/c1-19(13-9-11(21)5-7-15(13)23(3)17(19)25)20(2)14-10-12(22)6-8-16(14)24(4)18(20)26/h5-10H,1-4H3. The summed E-state index contributed by atoms with van der Waals surface area (Å²) in [7, 11) is 3.20. The lowest BCUT2D eigenvalue weighted by atomic mass is 9.59. The third-order valence-electron chi connectivity index (χ3n) is 6.18. The molecule has 134 valence electrons. The van der Waals surface area contributed by atoms with Gasteiger partial charge in [0.2, 0.25) is 11.8 Å². The minimum Gasteiger partial charge on any atom is -0.314 e. The minimum atomic E-state index is -1.36. The van der Waals surface area contributed by atoms with Crippen LogP contribution in [-0.4, -0.2) is 25.9 Å². The van der Waals surface area contributed by atoms with Gasteiger partial charge in [0.1, 0.15) is 11.6 Å². The predicted octanol–water partition coefficient (Wildman–Crippen LogP) is 3.13. The van der Waals surface area contributed by atoms with Gasteiger partial charge in [0, 0.05) is 25.5 Å². The number of nitrogens with zero attached hydrogens (tertiary/aromatic N) is 2. The summed E-state index contributed by atoms with van der Waals surface area (Å²) in [5.74, 6) is -1.61. The van der Waals surface area contributed by atoms with E-state index in [2.05, 4.69) is 0 Å². The van der Waals surface area contributed by atoms with Crippen molar-refractivity contribution in [3.05, 3.63) is 59.2 Å². The van der Waals surface area contributed by atoms with Crippen LogP contribution in [0.1, 0.15) is 25.0 Å². The summed E-state index contributed by atoms with van der Waals surface area (Å²) >= 11 is 0. The van der Waals surface area contributed by atoms with Crippen molar-refractivity contribution < 1.29 is 18.4 Å². The zero-order chi connectivity index (χ0) is 19.0. The average molecular weight is 356 g/mol. The summed E-state index contributed by atoms with van der Waals surface area (Å²) < 4.78 is 28.0. The van der Waals surface area contributed by atoms with E-state index in [-0.39, 0.29) is 11.8 Å². The molecule has 0 spiro atoms. The molecular weight excluding hydrogens is 338 g/mol. The minimum absolute atomic E-state index is 0.320. The Kier molecular flexibility index (Phi) is 3.15. The molecule has 0 N–H and O–H groups in total. The molecule has 2 amide bonds. The van der Waals surface area contributed by atoms with Crippen LogP contribution < -0.4 is 9.80 Å². The molecule has 0 aliphatic carbocycles. The third-order valence-corrected chi connectivity index (χ3v) is 6.18. The highest BCUT2D eigenvalue weighted by molar-refractivity contribution is 6.18. The number of hydrogen-bond donors (Lipinski definition) is 0. The lowest BCUT2D eigenvalue weighted by molar-refractivity contribution is -0.133. The molecule has 6 heteroatoms. The number of amides is 2. The number of anilines is 2. The SMILES string of the molecule is CN1C(=O)C(C)(C2(C)C(=O)N(C)c3ccc(F)cc32)c2cc(F)ccc21. The van der Waals surface area contributed by atoms with Crippen LogP contribution >= 0.6 is 0 Å². The van der Waals surface area contributed by atoms with E-state index in [1.807, 2.05) is 0 Å². The second kappa shape index (κ2) is 4.90. The van der Waals surface area contributed by atoms with Crippen LogP contribution in [0.15, 0.2) is 36.4 Å². The molecule has 2 unspecified atom stereocenters. The third kappa shape index (κ3) is 1.67. The summed E-state index contributed by atoms with van der Waals surface area (Å²) in [6.45, 7) is 3.28. The first-order chi connectivity index (χ1) is 12.1. The van der Waals surface area contributed by atoms with Gasteiger partial charge in [0.25, 0.3) is 0 Å². The van der Waals surface area contributed by atoms with Crippen molar-refractivity contribution in [1.29, 1.82) is 0 Å². The van der Waals surface area contributed by atoms with Gasteiger partial charge in [-0.3, -0.25) is 9.59 Å². The van der Waals surface area contributed by atoms with Crippen molar-refractivity contribution in [2.24, 2.45) is 0 Å². The van der Waals surface area contributed by atoms with E-state index in [0.29, 0.717) is 22.5 Å². The number of rotatable bonds is 1. The van der Waals surface area contributed by atoms with Crippen LogP contribution in [-0.2, 0) is 20.4 Å². The predicted molar refractivity (Wildman–Crippen MR) is 94.3 cm³/mol. The van der Waals surface area contributed by atoms with Gasteiger partial charge >= 0.3 is 0 Å². The Morgan fingerprint density at radius 3 is 1.42 bits per heavy atom. The molecule has 0 fully saturated rings. The van der Waals surface area contributed by atoms with E-state index in [4.69, 9.17) is 0 Å². The molecule has 4 rings (SSSR count). The molecule has 0 saturated carbocycles. The van der Waals surface area contributed by atoms with Crippen LogP contribution in [0.2, 0.25) is 0 Å². The first-order valence-corrected chi connectivity index (χ1v) is 8.30.